The first-order valence-corrected chi connectivity index (χ1v) is 6.00. The Balaban J connectivity index is 4.23. The zero-order chi connectivity index (χ0) is 11.9. The first-order chi connectivity index (χ1) is 7.01. The van der Waals surface area contributed by atoms with Crippen LogP contribution >= 0.6 is 23.5 Å². The maximum absolute atomic E-state index is 6.09. The minimum absolute atomic E-state index is 0.0755. The maximum Gasteiger partial charge on any atom is 0.0866 e. The highest BCUT2D eigenvalue weighted by Gasteiger charge is 2.33. The third-order valence-electron chi connectivity index (χ3n) is 2.93. The first kappa shape index (κ1) is 15.5. The summed E-state index contributed by atoms with van der Waals surface area (Å²) in [6.45, 7) is 0.598. The molecule has 0 aromatic rings. The van der Waals surface area contributed by atoms with Crippen LogP contribution in [0.2, 0.25) is 0 Å². The van der Waals surface area contributed by atoms with E-state index in [0.717, 1.165) is 19.3 Å². The lowest BCUT2D eigenvalue weighted by Crippen LogP contribution is -2.56. The van der Waals surface area contributed by atoms with E-state index < -0.39 is 0 Å². The summed E-state index contributed by atoms with van der Waals surface area (Å²) < 4.78 is 4.52. The fourth-order valence-corrected chi connectivity index (χ4v) is 2.44. The van der Waals surface area contributed by atoms with Gasteiger partial charge in [0.15, 0.2) is 0 Å². The molecule has 0 saturated carbocycles. The van der Waals surface area contributed by atoms with Gasteiger partial charge in [-0.2, -0.15) is 0 Å². The van der Waals surface area contributed by atoms with Crippen molar-refractivity contribution in [3.8, 4) is 0 Å². The van der Waals surface area contributed by atoms with Gasteiger partial charge in [-0.1, -0.05) is 0 Å². The van der Waals surface area contributed by atoms with Gasteiger partial charge in [-0.05, 0) is 47.5 Å². The molecule has 0 radical (unpaired) electrons. The molecule has 0 saturated heterocycles. The van der Waals surface area contributed by atoms with Crippen LogP contribution in [0.5, 0.6) is 0 Å². The Morgan fingerprint density at radius 2 is 1.60 bits per heavy atom. The van der Waals surface area contributed by atoms with Gasteiger partial charge in [0.1, 0.15) is 0 Å². The molecule has 3 nitrogen and oxygen atoms in total. The SMILES string of the molecule is CN(C)C(CCl)(CCCCOCl)N(C)C. The topological polar surface area (TPSA) is 15.7 Å². The van der Waals surface area contributed by atoms with E-state index in [-0.39, 0.29) is 5.66 Å². The van der Waals surface area contributed by atoms with E-state index in [1.165, 1.54) is 0 Å². The second-order valence-corrected chi connectivity index (χ2v) is 4.66. The summed E-state index contributed by atoms with van der Waals surface area (Å²) in [7, 11) is 8.22. The predicted molar refractivity (Wildman–Crippen MR) is 66.5 cm³/mol. The zero-order valence-electron chi connectivity index (χ0n) is 10.1. The average Bonchev–Trinajstić information content (AvgIpc) is 2.17. The molecular formula is C10H22Cl2N2O. The minimum Gasteiger partial charge on any atom is -0.290 e. The van der Waals surface area contributed by atoms with Crippen molar-refractivity contribution in [1.29, 1.82) is 0 Å². The summed E-state index contributed by atoms with van der Waals surface area (Å²) in [5.74, 6) is 0.592. The Kier molecular flexibility index (Phi) is 7.92. The molecule has 0 aliphatic rings. The number of halogens is 2. The second kappa shape index (κ2) is 7.69. The van der Waals surface area contributed by atoms with Crippen molar-refractivity contribution < 1.29 is 4.29 Å². The molecule has 0 aliphatic heterocycles. The molecule has 0 bridgehead atoms. The van der Waals surface area contributed by atoms with Gasteiger partial charge in [-0.3, -0.25) is 14.1 Å². The number of rotatable bonds is 8. The third kappa shape index (κ3) is 4.45. The summed E-state index contributed by atoms with van der Waals surface area (Å²) in [5, 5.41) is 0. The first-order valence-electron chi connectivity index (χ1n) is 5.15. The number of unbranched alkanes of at least 4 members (excludes halogenated alkanes) is 1. The van der Waals surface area contributed by atoms with Crippen molar-refractivity contribution in [3.05, 3.63) is 0 Å². The molecule has 0 heterocycles. The normalized spacial score (nSPS) is 12.8. The van der Waals surface area contributed by atoms with Crippen LogP contribution in [0.25, 0.3) is 0 Å². The molecule has 92 valence electrons. The van der Waals surface area contributed by atoms with Crippen LogP contribution in [0.4, 0.5) is 0 Å². The smallest absolute Gasteiger partial charge is 0.0866 e. The van der Waals surface area contributed by atoms with Crippen LogP contribution < -0.4 is 0 Å². The Bertz CT molecular complexity index is 158. The molecular weight excluding hydrogens is 235 g/mol. The molecule has 15 heavy (non-hydrogen) atoms. The van der Waals surface area contributed by atoms with Crippen LogP contribution in [-0.2, 0) is 4.29 Å². The van der Waals surface area contributed by atoms with Gasteiger partial charge in [-0.25, -0.2) is 0 Å². The van der Waals surface area contributed by atoms with E-state index in [0.29, 0.717) is 12.5 Å². The number of nitrogens with zero attached hydrogens (tertiary/aromatic N) is 2. The second-order valence-electron chi connectivity index (χ2n) is 4.18. The maximum atomic E-state index is 6.09. The lowest BCUT2D eigenvalue weighted by Gasteiger charge is -2.44. The van der Waals surface area contributed by atoms with Crippen molar-refractivity contribution in [1.82, 2.24) is 9.80 Å². The van der Waals surface area contributed by atoms with Crippen molar-refractivity contribution in [2.75, 3.05) is 40.7 Å². The highest BCUT2D eigenvalue weighted by Crippen LogP contribution is 2.24. The largest absolute Gasteiger partial charge is 0.290 e. The summed E-state index contributed by atoms with van der Waals surface area (Å²) in [6, 6.07) is 0. The van der Waals surface area contributed by atoms with Crippen LogP contribution in [0, 0.1) is 0 Å². The summed E-state index contributed by atoms with van der Waals surface area (Å²) in [4.78, 5) is 4.34. The number of hydrogen-bond acceptors (Lipinski definition) is 3. The standard InChI is InChI=1S/C10H22Cl2N2O/c1-13(2)10(9-11,14(3)4)7-5-6-8-15-12/h5-9H2,1-4H3. The summed E-state index contributed by atoms with van der Waals surface area (Å²) >= 11 is 11.3. The van der Waals surface area contributed by atoms with Gasteiger partial charge in [0.2, 0.25) is 0 Å². The molecule has 5 heteroatoms. The average molecular weight is 257 g/mol. The summed E-state index contributed by atoms with van der Waals surface area (Å²) in [5.41, 5.74) is -0.0755. The molecule has 0 aromatic heterocycles. The number of hydrogen-bond donors (Lipinski definition) is 0. The van der Waals surface area contributed by atoms with Crippen molar-refractivity contribution in [2.24, 2.45) is 0 Å². The van der Waals surface area contributed by atoms with Gasteiger partial charge in [0.25, 0.3) is 0 Å². The van der Waals surface area contributed by atoms with E-state index in [1.807, 2.05) is 0 Å². The minimum atomic E-state index is -0.0755. The molecule has 0 rings (SSSR count). The Labute approximate surface area is 103 Å². The quantitative estimate of drug-likeness (QED) is 0.377. The van der Waals surface area contributed by atoms with E-state index in [4.69, 9.17) is 23.5 Å². The molecule has 0 spiro atoms. The molecule has 0 aliphatic carbocycles. The van der Waals surface area contributed by atoms with E-state index in [1.54, 1.807) is 0 Å². The van der Waals surface area contributed by atoms with Crippen LogP contribution in [0.15, 0.2) is 0 Å². The van der Waals surface area contributed by atoms with Crippen molar-refractivity contribution in [2.45, 2.75) is 24.9 Å². The van der Waals surface area contributed by atoms with Crippen LogP contribution in [0.3, 0.4) is 0 Å². The highest BCUT2D eigenvalue weighted by molar-refractivity contribution is 6.18. The van der Waals surface area contributed by atoms with Crippen molar-refractivity contribution >= 4 is 23.5 Å². The van der Waals surface area contributed by atoms with Crippen LogP contribution in [0.1, 0.15) is 19.3 Å². The van der Waals surface area contributed by atoms with Gasteiger partial charge >= 0.3 is 0 Å². The Morgan fingerprint density at radius 3 is 1.93 bits per heavy atom. The highest BCUT2D eigenvalue weighted by atomic mass is 35.5. The van der Waals surface area contributed by atoms with E-state index in [9.17, 15) is 0 Å². The molecule has 0 unspecified atom stereocenters. The fraction of sp³-hybridized carbons (Fsp3) is 1.00. The fourth-order valence-electron chi connectivity index (χ4n) is 1.72. The Morgan fingerprint density at radius 1 is 1.07 bits per heavy atom. The zero-order valence-corrected chi connectivity index (χ0v) is 11.6. The Hall–Kier alpha value is 0.460. The van der Waals surface area contributed by atoms with E-state index >= 15 is 0 Å². The van der Waals surface area contributed by atoms with Gasteiger partial charge in [0.05, 0.1) is 30.0 Å². The molecule has 0 atom stereocenters. The molecule has 0 amide bonds. The monoisotopic (exact) mass is 256 g/mol. The van der Waals surface area contributed by atoms with Crippen LogP contribution in [-0.4, -0.2) is 56.1 Å². The third-order valence-corrected chi connectivity index (χ3v) is 3.51. The van der Waals surface area contributed by atoms with Gasteiger partial charge < -0.3 is 0 Å². The molecule has 0 N–H and O–H groups in total. The summed E-state index contributed by atoms with van der Waals surface area (Å²) in [6.07, 6.45) is 3.02. The predicted octanol–water partition coefficient (Wildman–Crippen LogP) is 2.39. The van der Waals surface area contributed by atoms with Crippen molar-refractivity contribution in [3.63, 3.8) is 0 Å². The molecule has 0 aromatic carbocycles. The number of alkyl halides is 1. The lowest BCUT2D eigenvalue weighted by molar-refractivity contribution is 0.0139. The van der Waals surface area contributed by atoms with E-state index in [2.05, 4.69) is 42.3 Å². The van der Waals surface area contributed by atoms with Gasteiger partial charge in [0, 0.05) is 0 Å². The molecule has 0 fully saturated rings. The lowest BCUT2D eigenvalue weighted by atomic mass is 10.0. The van der Waals surface area contributed by atoms with Gasteiger partial charge in [-0.15, -0.1) is 11.6 Å².